The topological polar surface area (TPSA) is 40.7 Å². The molecule has 4 heteroatoms. The molecule has 3 aromatic rings. The van der Waals surface area contributed by atoms with Crippen molar-refractivity contribution in [2.24, 2.45) is 0 Å². The molecule has 0 aliphatic rings. The summed E-state index contributed by atoms with van der Waals surface area (Å²) in [6.45, 7) is 1.59. The molecule has 0 unspecified atom stereocenters. The van der Waals surface area contributed by atoms with Gasteiger partial charge in [0, 0.05) is 24.3 Å². The summed E-state index contributed by atoms with van der Waals surface area (Å²) in [6.07, 6.45) is 4.57. The van der Waals surface area contributed by atoms with Crippen LogP contribution in [0.5, 0.6) is 0 Å². The van der Waals surface area contributed by atoms with Gasteiger partial charge in [0.2, 0.25) is 0 Å². The Hall–Kier alpha value is -2.20. The summed E-state index contributed by atoms with van der Waals surface area (Å²) in [4.78, 5) is 7.42. The number of H-pyrrole nitrogens is 1. The third-order valence-electron chi connectivity index (χ3n) is 3.33. The maximum atomic E-state index is 13.0. The number of fused-ring (bicyclic) bond motifs is 1. The van der Waals surface area contributed by atoms with E-state index in [0.717, 1.165) is 36.1 Å². The van der Waals surface area contributed by atoms with Crippen LogP contribution < -0.4 is 5.32 Å². The zero-order valence-electron chi connectivity index (χ0n) is 11.1. The van der Waals surface area contributed by atoms with E-state index in [1.54, 1.807) is 18.3 Å². The van der Waals surface area contributed by atoms with Gasteiger partial charge >= 0.3 is 0 Å². The molecule has 0 bridgehead atoms. The van der Waals surface area contributed by atoms with E-state index in [9.17, 15) is 4.39 Å². The van der Waals surface area contributed by atoms with Gasteiger partial charge in [-0.15, -0.1) is 0 Å². The molecule has 0 aliphatic carbocycles. The smallest absolute Gasteiger partial charge is 0.137 e. The molecule has 2 N–H and O–H groups in total. The lowest BCUT2D eigenvalue weighted by molar-refractivity contribution is 0.622. The van der Waals surface area contributed by atoms with Crippen LogP contribution in [0.2, 0.25) is 0 Å². The minimum Gasteiger partial charge on any atom is -0.346 e. The number of pyridine rings is 1. The van der Waals surface area contributed by atoms with Crippen LogP contribution in [0.25, 0.3) is 11.0 Å². The summed E-state index contributed by atoms with van der Waals surface area (Å²) in [5.74, 6) is -0.176. The van der Waals surface area contributed by atoms with E-state index in [0.29, 0.717) is 0 Å². The Morgan fingerprint density at radius 2 is 2.15 bits per heavy atom. The first-order valence-electron chi connectivity index (χ1n) is 6.69. The molecule has 3 nitrogen and oxygen atoms in total. The fraction of sp³-hybridized carbons (Fsp3) is 0.188. The van der Waals surface area contributed by atoms with Crippen molar-refractivity contribution < 1.29 is 4.39 Å². The molecule has 0 fully saturated rings. The van der Waals surface area contributed by atoms with Gasteiger partial charge in [-0.1, -0.05) is 12.1 Å². The third-order valence-corrected chi connectivity index (χ3v) is 3.33. The molecule has 0 saturated carbocycles. The van der Waals surface area contributed by atoms with Crippen molar-refractivity contribution in [3.05, 3.63) is 65.7 Å². The number of aromatic amines is 1. The fourth-order valence-corrected chi connectivity index (χ4v) is 2.31. The van der Waals surface area contributed by atoms with Crippen molar-refractivity contribution in [2.45, 2.75) is 13.0 Å². The average Bonchev–Trinajstić information content (AvgIpc) is 2.87. The zero-order chi connectivity index (χ0) is 13.8. The number of hydrogen-bond acceptors (Lipinski definition) is 2. The van der Waals surface area contributed by atoms with E-state index in [-0.39, 0.29) is 5.82 Å². The lowest BCUT2D eigenvalue weighted by Crippen LogP contribution is -2.16. The predicted octanol–water partition coefficient (Wildman–Crippen LogP) is 3.03. The summed E-state index contributed by atoms with van der Waals surface area (Å²) in [7, 11) is 0. The number of aromatic nitrogens is 2. The van der Waals surface area contributed by atoms with E-state index in [4.69, 9.17) is 0 Å². The van der Waals surface area contributed by atoms with Crippen molar-refractivity contribution >= 4 is 11.0 Å². The maximum Gasteiger partial charge on any atom is 0.137 e. The molecule has 3 rings (SSSR count). The van der Waals surface area contributed by atoms with Crippen molar-refractivity contribution in [3.63, 3.8) is 0 Å². The summed E-state index contributed by atoms with van der Waals surface area (Å²) >= 11 is 0. The third kappa shape index (κ3) is 2.86. The molecule has 0 radical (unpaired) electrons. The van der Waals surface area contributed by atoms with Crippen LogP contribution in [0.4, 0.5) is 4.39 Å². The van der Waals surface area contributed by atoms with Gasteiger partial charge in [-0.2, -0.15) is 0 Å². The van der Waals surface area contributed by atoms with Gasteiger partial charge in [0.1, 0.15) is 11.5 Å². The van der Waals surface area contributed by atoms with E-state index in [2.05, 4.69) is 21.4 Å². The molecular weight excluding hydrogens is 253 g/mol. The highest BCUT2D eigenvalue weighted by Crippen LogP contribution is 2.15. The van der Waals surface area contributed by atoms with Crippen LogP contribution in [0.3, 0.4) is 0 Å². The molecule has 0 atom stereocenters. The summed E-state index contributed by atoms with van der Waals surface area (Å²) in [6, 6.07) is 10.7. The van der Waals surface area contributed by atoms with Crippen LogP contribution in [0.1, 0.15) is 11.1 Å². The largest absolute Gasteiger partial charge is 0.346 e. The second-order valence-electron chi connectivity index (χ2n) is 4.77. The molecular formula is C16H16FN3. The molecule has 102 valence electrons. The Kier molecular flexibility index (Phi) is 3.74. The highest BCUT2D eigenvalue weighted by molar-refractivity contribution is 5.79. The number of hydrogen-bond donors (Lipinski definition) is 2. The van der Waals surface area contributed by atoms with E-state index < -0.39 is 0 Å². The molecule has 0 aliphatic heterocycles. The van der Waals surface area contributed by atoms with Gasteiger partial charge in [-0.05, 0) is 48.4 Å². The van der Waals surface area contributed by atoms with Crippen molar-refractivity contribution in [3.8, 4) is 0 Å². The van der Waals surface area contributed by atoms with Crippen molar-refractivity contribution in [2.75, 3.05) is 6.54 Å². The summed E-state index contributed by atoms with van der Waals surface area (Å²) in [5, 5.41) is 4.52. The first kappa shape index (κ1) is 12.8. The lowest BCUT2D eigenvalue weighted by Gasteiger charge is -2.04. The van der Waals surface area contributed by atoms with E-state index in [1.807, 2.05) is 18.3 Å². The lowest BCUT2D eigenvalue weighted by atomic mass is 10.1. The first-order chi connectivity index (χ1) is 9.83. The SMILES string of the molecule is Fc1cccc(CCNCc2c[nH]c3ncccc23)c1. The Balaban J connectivity index is 1.55. The van der Waals surface area contributed by atoms with Crippen molar-refractivity contribution in [1.82, 2.24) is 15.3 Å². The fourth-order valence-electron chi connectivity index (χ4n) is 2.31. The van der Waals surface area contributed by atoms with Gasteiger partial charge in [0.15, 0.2) is 0 Å². The number of benzene rings is 1. The Labute approximate surface area is 116 Å². The van der Waals surface area contributed by atoms with Gasteiger partial charge in [-0.3, -0.25) is 0 Å². The van der Waals surface area contributed by atoms with Gasteiger partial charge in [-0.25, -0.2) is 9.37 Å². The van der Waals surface area contributed by atoms with Gasteiger partial charge < -0.3 is 10.3 Å². The second kappa shape index (κ2) is 5.84. The molecule has 2 heterocycles. The minimum absolute atomic E-state index is 0.176. The summed E-state index contributed by atoms with van der Waals surface area (Å²) in [5.41, 5.74) is 3.12. The Morgan fingerprint density at radius 3 is 3.05 bits per heavy atom. The van der Waals surface area contributed by atoms with E-state index >= 15 is 0 Å². The number of nitrogens with zero attached hydrogens (tertiary/aromatic N) is 1. The number of rotatable bonds is 5. The standard InChI is InChI=1S/C16H16FN3/c17-14-4-1-3-12(9-14)6-8-18-10-13-11-20-16-15(13)5-2-7-19-16/h1-5,7,9,11,18H,6,8,10H2,(H,19,20). The van der Waals surface area contributed by atoms with Crippen LogP contribution in [-0.4, -0.2) is 16.5 Å². The molecule has 2 aromatic heterocycles. The Morgan fingerprint density at radius 1 is 1.20 bits per heavy atom. The van der Waals surface area contributed by atoms with Gasteiger partial charge in [0.05, 0.1) is 0 Å². The predicted molar refractivity (Wildman–Crippen MR) is 77.9 cm³/mol. The second-order valence-corrected chi connectivity index (χ2v) is 4.77. The average molecular weight is 269 g/mol. The van der Waals surface area contributed by atoms with Gasteiger partial charge in [0.25, 0.3) is 0 Å². The van der Waals surface area contributed by atoms with Crippen LogP contribution in [0, 0.1) is 5.82 Å². The van der Waals surface area contributed by atoms with Crippen LogP contribution in [0.15, 0.2) is 48.8 Å². The Bertz CT molecular complexity index is 706. The highest BCUT2D eigenvalue weighted by Gasteiger charge is 2.03. The normalized spacial score (nSPS) is 11.1. The van der Waals surface area contributed by atoms with Crippen molar-refractivity contribution in [1.29, 1.82) is 0 Å². The van der Waals surface area contributed by atoms with Crippen LogP contribution in [-0.2, 0) is 13.0 Å². The molecule has 0 spiro atoms. The molecule has 0 saturated heterocycles. The molecule has 1 aromatic carbocycles. The van der Waals surface area contributed by atoms with E-state index in [1.165, 1.54) is 11.6 Å². The molecule has 0 amide bonds. The zero-order valence-corrected chi connectivity index (χ0v) is 11.1. The highest BCUT2D eigenvalue weighted by atomic mass is 19.1. The first-order valence-corrected chi connectivity index (χ1v) is 6.69. The van der Waals surface area contributed by atoms with Crippen LogP contribution >= 0.6 is 0 Å². The number of nitrogens with one attached hydrogen (secondary N) is 2. The maximum absolute atomic E-state index is 13.0. The molecule has 20 heavy (non-hydrogen) atoms. The monoisotopic (exact) mass is 269 g/mol. The minimum atomic E-state index is -0.176. The quantitative estimate of drug-likeness (QED) is 0.699. The number of halogens is 1. The summed E-state index contributed by atoms with van der Waals surface area (Å²) < 4.78 is 13.0.